The van der Waals surface area contributed by atoms with Gasteiger partial charge in [0.15, 0.2) is 5.11 Å². The standard InChI is InChI=1S/C3H8N2S.C2H5.CH4N2S.2Y/c1-2-6-3(4)5;1-2;2-1(3)4;;/h2H2,1H3,(H3,4,5);1H2,2H3;(H4,2,3,4);;/q;-1;;;/p+1. The smallest absolute Gasteiger partial charge is 0.299 e. The SMILES string of the molecule is CCSC(N)=[NH2+].NC(N)=S.[CH2-]C.[Y].[Y]. The molecule has 0 bridgehead atoms. The average Bonchev–Trinajstić information content (AvgIpc) is 1.90. The van der Waals surface area contributed by atoms with E-state index in [4.69, 9.17) is 11.1 Å². The molecule has 0 rings (SSSR count). The first kappa shape index (κ1) is 29.6. The molecule has 0 spiro atoms. The van der Waals surface area contributed by atoms with Crippen molar-refractivity contribution in [1.82, 2.24) is 0 Å². The topological polar surface area (TPSA) is 104 Å². The molecule has 0 amide bonds. The summed E-state index contributed by atoms with van der Waals surface area (Å²) in [7, 11) is 0. The van der Waals surface area contributed by atoms with Gasteiger partial charge < -0.3 is 18.4 Å². The van der Waals surface area contributed by atoms with Crippen LogP contribution in [0.3, 0.4) is 0 Å². The van der Waals surface area contributed by atoms with E-state index in [0.717, 1.165) is 5.75 Å². The fraction of sp³-hybridized carbons (Fsp3) is 0.500. The summed E-state index contributed by atoms with van der Waals surface area (Å²) in [6, 6.07) is 0. The first-order valence-electron chi connectivity index (χ1n) is 3.27. The Labute approximate surface area is 147 Å². The molecule has 0 saturated carbocycles. The van der Waals surface area contributed by atoms with Crippen LogP contribution < -0.4 is 22.6 Å². The Morgan fingerprint density at radius 3 is 1.50 bits per heavy atom. The zero-order valence-corrected chi connectivity index (χ0v) is 16.0. The number of rotatable bonds is 1. The number of hydrogen-bond acceptors (Lipinski definition) is 2. The van der Waals surface area contributed by atoms with Crippen molar-refractivity contribution in [3.05, 3.63) is 6.92 Å². The minimum Gasteiger partial charge on any atom is -0.377 e. The van der Waals surface area contributed by atoms with Crippen LogP contribution in [-0.2, 0) is 65.4 Å². The Hall–Kier alpha value is 1.72. The molecule has 0 atom stereocenters. The molecule has 0 unspecified atom stereocenters. The third kappa shape index (κ3) is 99.7. The maximum absolute atomic E-state index is 5.06. The van der Waals surface area contributed by atoms with Crippen LogP contribution in [0.15, 0.2) is 0 Å². The Balaban J connectivity index is -0.0000000302. The molecule has 80 valence electrons. The number of thiocarbonyl (C=S) groups is 1. The van der Waals surface area contributed by atoms with Crippen LogP contribution in [0.4, 0.5) is 0 Å². The van der Waals surface area contributed by atoms with Gasteiger partial charge in [-0.3, -0.25) is 11.1 Å². The predicted octanol–water partition coefficient (Wildman–Crippen LogP) is -1.16. The van der Waals surface area contributed by atoms with Gasteiger partial charge in [0.25, 0.3) is 5.17 Å². The largest absolute Gasteiger partial charge is 0.377 e. The van der Waals surface area contributed by atoms with Gasteiger partial charge in [0, 0.05) is 71.2 Å². The molecule has 8 heteroatoms. The van der Waals surface area contributed by atoms with Crippen molar-refractivity contribution in [2.45, 2.75) is 13.8 Å². The fourth-order valence-electron chi connectivity index (χ4n) is 0.167. The van der Waals surface area contributed by atoms with Crippen molar-refractivity contribution < 1.29 is 70.8 Å². The molecule has 0 fully saturated rings. The molecular formula is C6H18N4S2Y2. The zero-order chi connectivity index (χ0) is 10.6. The molecule has 2 radical (unpaired) electrons. The summed E-state index contributed by atoms with van der Waals surface area (Å²) in [5.74, 6) is 0.961. The van der Waals surface area contributed by atoms with E-state index < -0.39 is 0 Å². The quantitative estimate of drug-likeness (QED) is 0.196. The minimum atomic E-state index is 0. The van der Waals surface area contributed by atoms with E-state index >= 15 is 0 Å². The number of hydrogen-bond donors (Lipinski definition) is 4. The average molecular weight is 388 g/mol. The Bertz CT molecular complexity index is 120. The van der Waals surface area contributed by atoms with Crippen molar-refractivity contribution >= 4 is 34.3 Å². The van der Waals surface area contributed by atoms with E-state index in [9.17, 15) is 0 Å². The first-order valence-corrected chi connectivity index (χ1v) is 4.66. The Morgan fingerprint density at radius 1 is 1.29 bits per heavy atom. The van der Waals surface area contributed by atoms with E-state index in [1.807, 2.05) is 6.92 Å². The van der Waals surface area contributed by atoms with Crippen LogP contribution in [0.25, 0.3) is 0 Å². The summed E-state index contributed by atoms with van der Waals surface area (Å²) in [4.78, 5) is 0. The Morgan fingerprint density at radius 2 is 1.50 bits per heavy atom. The van der Waals surface area contributed by atoms with Crippen molar-refractivity contribution in [3.63, 3.8) is 0 Å². The summed E-state index contributed by atoms with van der Waals surface area (Å²) in [5, 5.41) is 5.52. The molecule has 14 heavy (non-hydrogen) atoms. The summed E-state index contributed by atoms with van der Waals surface area (Å²) in [6.07, 6.45) is 0. The Kier molecular flexibility index (Phi) is 62.1. The van der Waals surface area contributed by atoms with E-state index in [1.165, 1.54) is 11.8 Å². The molecule has 0 heterocycles. The molecular weight excluding hydrogens is 370 g/mol. The third-order valence-electron chi connectivity index (χ3n) is 0.311. The molecule has 0 aromatic carbocycles. The van der Waals surface area contributed by atoms with Crippen LogP contribution in [0.1, 0.15) is 13.8 Å². The van der Waals surface area contributed by atoms with Crippen LogP contribution in [0.2, 0.25) is 0 Å². The predicted molar refractivity (Wildman–Crippen MR) is 61.3 cm³/mol. The normalized spacial score (nSPS) is 5.64. The fourth-order valence-corrected chi connectivity index (χ4v) is 0.500. The number of thioether (sulfide) groups is 1. The van der Waals surface area contributed by atoms with Crippen molar-refractivity contribution in [1.29, 1.82) is 0 Å². The number of nitrogens with two attached hydrogens (primary N) is 4. The molecule has 0 aliphatic rings. The number of amidine groups is 1. The maximum Gasteiger partial charge on any atom is 0.299 e. The molecule has 8 N–H and O–H groups in total. The van der Waals surface area contributed by atoms with Crippen LogP contribution >= 0.6 is 24.0 Å². The second-order valence-electron chi connectivity index (χ2n) is 1.24. The summed E-state index contributed by atoms with van der Waals surface area (Å²) in [6.45, 7) is 7.00. The molecule has 4 nitrogen and oxygen atoms in total. The molecule has 0 aliphatic heterocycles. The minimum absolute atomic E-state index is 0. The first-order chi connectivity index (χ1) is 5.50. The molecule has 0 aliphatic carbocycles. The summed E-state index contributed by atoms with van der Waals surface area (Å²) in [5.41, 5.74) is 14.3. The summed E-state index contributed by atoms with van der Waals surface area (Å²) < 4.78 is 0. The van der Waals surface area contributed by atoms with Crippen molar-refractivity contribution in [2.75, 3.05) is 5.75 Å². The van der Waals surface area contributed by atoms with Gasteiger partial charge in [0.1, 0.15) is 0 Å². The second kappa shape index (κ2) is 29.3. The van der Waals surface area contributed by atoms with Crippen LogP contribution in [0, 0.1) is 6.92 Å². The van der Waals surface area contributed by atoms with Crippen LogP contribution in [-0.4, -0.2) is 16.0 Å². The van der Waals surface area contributed by atoms with E-state index in [0.29, 0.717) is 5.17 Å². The van der Waals surface area contributed by atoms with Gasteiger partial charge in [-0.05, 0) is 24.0 Å². The third-order valence-corrected chi connectivity index (χ3v) is 0.933. The second-order valence-corrected chi connectivity index (χ2v) is 3.05. The van der Waals surface area contributed by atoms with Gasteiger partial charge >= 0.3 is 0 Å². The van der Waals surface area contributed by atoms with Crippen LogP contribution in [0.5, 0.6) is 0 Å². The molecule has 0 aromatic heterocycles. The van der Waals surface area contributed by atoms with Gasteiger partial charge in [-0.1, -0.05) is 6.92 Å². The zero-order valence-electron chi connectivity index (χ0n) is 8.69. The van der Waals surface area contributed by atoms with Gasteiger partial charge in [-0.2, -0.15) is 6.92 Å². The van der Waals surface area contributed by atoms with Gasteiger partial charge in [-0.25, -0.2) is 0 Å². The van der Waals surface area contributed by atoms with Gasteiger partial charge in [0.2, 0.25) is 0 Å². The van der Waals surface area contributed by atoms with Gasteiger partial charge in [-0.15, -0.1) is 0 Å². The van der Waals surface area contributed by atoms with Crippen molar-refractivity contribution in [3.8, 4) is 0 Å². The summed E-state index contributed by atoms with van der Waals surface area (Å²) >= 11 is 5.55. The van der Waals surface area contributed by atoms with E-state index in [1.54, 1.807) is 6.92 Å². The van der Waals surface area contributed by atoms with E-state index in [-0.39, 0.29) is 70.5 Å². The maximum atomic E-state index is 5.06. The van der Waals surface area contributed by atoms with Crippen molar-refractivity contribution in [2.24, 2.45) is 17.2 Å². The monoisotopic (exact) mass is 388 g/mol. The molecule has 0 aromatic rings. The van der Waals surface area contributed by atoms with E-state index in [2.05, 4.69) is 30.6 Å². The molecule has 0 saturated heterocycles. The van der Waals surface area contributed by atoms with Gasteiger partial charge in [0.05, 0.1) is 0 Å².